The maximum Gasteiger partial charge on any atom is 0.326 e. The number of H-pyrrole nitrogens is 3. The molecule has 12 atom stereocenters. The zero-order valence-corrected chi connectivity index (χ0v) is 68.4. The molecule has 5 heterocycles. The number of nitrogens with zero attached hydrogens (tertiary/aromatic N) is 3. The van der Waals surface area contributed by atoms with Crippen molar-refractivity contribution in [1.29, 1.82) is 0 Å². The third kappa shape index (κ3) is 27.7. The number of para-hydroxylation sites is 2. The summed E-state index contributed by atoms with van der Waals surface area (Å²) in [5, 5.41) is 38.4. The number of nitrogens with one attached hydrogen (secondary N) is 13. The van der Waals surface area contributed by atoms with E-state index in [1.54, 1.807) is 52.4 Å². The van der Waals surface area contributed by atoms with Crippen LogP contribution in [0.4, 0.5) is 4.39 Å². The first-order valence-electron chi connectivity index (χ1n) is 41.0. The minimum absolute atomic E-state index is 0.0102. The molecule has 22 N–H and O–H groups in total. The molecule has 6 aromatic rings. The van der Waals surface area contributed by atoms with Crippen molar-refractivity contribution in [3.63, 3.8) is 0 Å². The molecule has 0 spiro atoms. The molecule has 0 aliphatic carbocycles. The lowest BCUT2D eigenvalue weighted by Gasteiger charge is -2.31. The second kappa shape index (κ2) is 45.7. The molecule has 14 amide bonds. The van der Waals surface area contributed by atoms with E-state index < -0.39 is 186 Å². The number of unbranched alkanes of at least 4 members (excludes halogenated alkanes) is 2. The van der Waals surface area contributed by atoms with Crippen LogP contribution in [0.2, 0.25) is 0 Å². The van der Waals surface area contributed by atoms with Gasteiger partial charge >= 0.3 is 5.97 Å². The van der Waals surface area contributed by atoms with Crippen LogP contribution in [0.15, 0.2) is 97.7 Å². The first kappa shape index (κ1) is 93.3. The Kier molecular flexibility index (Phi) is 35.6. The van der Waals surface area contributed by atoms with Crippen LogP contribution in [0.5, 0.6) is 0 Å². The van der Waals surface area contributed by atoms with E-state index in [0.29, 0.717) is 55.3 Å². The van der Waals surface area contributed by atoms with Gasteiger partial charge in [0.05, 0.1) is 24.6 Å². The Balaban J connectivity index is 0.926. The number of benzene rings is 3. The van der Waals surface area contributed by atoms with Crippen molar-refractivity contribution in [1.82, 2.24) is 82.9 Å². The quantitative estimate of drug-likeness (QED) is 0.0233. The topological polar surface area (TPSA) is 567 Å². The SMILES string of the molecule is CCCC[C@H](NC(=O)[C@@H]1CCCN1C(=O)[C@H](CCC(N)=O)NC(=O)CNC(=O)[C@@H]1CCCN1C(=O)[C@H](CCCCN)NC(=O)[C@H](CC(C)C)NC(=O)[C@H](CCC(N)=O)NC(=O)[C@H](CC(C)C)NC(=O)[C@H](Cc1c[nH]c2ccccc12)NC(=O)[C@H](Cc1c[nH]cn1)NC(=O)[C@@H](N)Cc1c[nH]c2ccccc12)C(=O)N[C@@H](Cc1ccc(F)cc1)C(=O)O. The molecule has 120 heavy (non-hydrogen) atoms. The normalized spacial score (nSPS) is 16.4. The average molecular weight is 1670 g/mol. The molecule has 2 fully saturated rings. The standard InChI is InChI=1S/C83H115FN20O16/c1-6-7-18-58(73(109)102-66(83(119)120)37-48-24-26-51(84)27-25-48)96-80(116)68-23-15-34-104(68)82(118)61(29-31-70(88)106)94-71(107)44-92-79(115)67-22-14-33-103(67)81(117)60(21-12-13-32-85)97-76(112)63(36-47(4)5)99-74(110)59(28-30-69(87)105)95-75(111)62(35-46(2)3)100-77(113)64(39-50-42-91-57-20-11-9-17-54(50)57)101-78(114)65(40-52-43-89-45-93-52)98-72(108)55(86)38-49-41-90-56-19-10-8-16-53(49)56/h8-11,16-17,19-20,24-27,41-43,45-47,55,58-68,90-91H,6-7,12-15,18,21-23,28-40,44,85-86H2,1-5H3,(H2,87,105)(H2,88,106)(H,89,93)(H,92,115)(H,94,107)(H,95,111)(H,96,116)(H,97,112)(H,98,108)(H,99,110)(H,100,113)(H,101,114)(H,102,109)(H,119,120)/t55-,58-,59-,60-,61-,62-,63-,64-,65-,66-,67-,68-/m0/s1. The number of aromatic amines is 3. The molecule has 0 bridgehead atoms. The van der Waals surface area contributed by atoms with E-state index in [1.165, 1.54) is 28.3 Å². The minimum Gasteiger partial charge on any atom is -0.480 e. The molecule has 3 aromatic carbocycles. The van der Waals surface area contributed by atoms with Gasteiger partial charge in [0.2, 0.25) is 82.7 Å². The van der Waals surface area contributed by atoms with Gasteiger partial charge in [0, 0.05) is 85.6 Å². The number of hydrogen-bond acceptors (Lipinski definition) is 18. The molecule has 8 rings (SSSR count). The van der Waals surface area contributed by atoms with E-state index in [2.05, 4.69) is 73.1 Å². The molecule has 2 saturated heterocycles. The smallest absolute Gasteiger partial charge is 0.326 e. The van der Waals surface area contributed by atoms with Gasteiger partial charge in [-0.15, -0.1) is 0 Å². The molecule has 3 aromatic heterocycles. The summed E-state index contributed by atoms with van der Waals surface area (Å²) >= 11 is 0. The Bertz CT molecular complexity index is 4550. The van der Waals surface area contributed by atoms with Crippen LogP contribution >= 0.6 is 0 Å². The highest BCUT2D eigenvalue weighted by Crippen LogP contribution is 2.26. The largest absolute Gasteiger partial charge is 0.480 e. The van der Waals surface area contributed by atoms with Crippen molar-refractivity contribution in [2.45, 2.75) is 236 Å². The number of carbonyl (C=O) groups is 15. The first-order chi connectivity index (χ1) is 57.3. The summed E-state index contributed by atoms with van der Waals surface area (Å²) in [6, 6.07) is 3.71. The van der Waals surface area contributed by atoms with Gasteiger partial charge in [-0.2, -0.15) is 0 Å². The van der Waals surface area contributed by atoms with Crippen LogP contribution in [-0.2, 0) is 97.6 Å². The van der Waals surface area contributed by atoms with Gasteiger partial charge in [0.25, 0.3) is 0 Å². The Morgan fingerprint density at radius 3 is 1.49 bits per heavy atom. The third-order valence-electron chi connectivity index (χ3n) is 21.2. The van der Waals surface area contributed by atoms with E-state index in [0.717, 1.165) is 39.5 Å². The molecule has 37 heteroatoms. The van der Waals surface area contributed by atoms with Crippen molar-refractivity contribution in [3.8, 4) is 0 Å². The molecular formula is C83H115FN20O16. The number of carbonyl (C=O) groups excluding carboxylic acids is 14. The number of carboxylic acids is 1. The zero-order valence-electron chi connectivity index (χ0n) is 68.4. The van der Waals surface area contributed by atoms with Gasteiger partial charge < -0.3 is 106 Å². The van der Waals surface area contributed by atoms with E-state index in [-0.39, 0.29) is 109 Å². The Morgan fingerprint density at radius 2 is 0.967 bits per heavy atom. The number of primary amides is 2. The fraction of sp³-hybridized carbons (Fsp3) is 0.518. The van der Waals surface area contributed by atoms with Crippen LogP contribution in [0.25, 0.3) is 21.8 Å². The number of nitrogens with two attached hydrogens (primary N) is 4. The number of aliphatic carboxylic acids is 1. The van der Waals surface area contributed by atoms with Gasteiger partial charge in [-0.1, -0.05) is 96.0 Å². The highest BCUT2D eigenvalue weighted by Gasteiger charge is 2.43. The van der Waals surface area contributed by atoms with E-state index in [4.69, 9.17) is 22.9 Å². The molecular weight excluding hydrogens is 1550 g/mol. The van der Waals surface area contributed by atoms with E-state index in [1.807, 2.05) is 49.4 Å². The number of imidazole rings is 1. The fourth-order valence-electron chi connectivity index (χ4n) is 14.9. The molecule has 0 unspecified atom stereocenters. The lowest BCUT2D eigenvalue weighted by atomic mass is 9.99. The Labute approximate surface area is 694 Å². The maximum atomic E-state index is 15.1. The van der Waals surface area contributed by atoms with Crippen molar-refractivity contribution in [2.24, 2.45) is 34.8 Å². The molecule has 2 aliphatic rings. The summed E-state index contributed by atoms with van der Waals surface area (Å²) < 4.78 is 13.6. The van der Waals surface area contributed by atoms with Gasteiger partial charge in [-0.3, -0.25) is 67.1 Å². The first-order valence-corrected chi connectivity index (χ1v) is 41.0. The Hall–Kier alpha value is -12.2. The zero-order chi connectivity index (χ0) is 87.3. The predicted octanol–water partition coefficient (Wildman–Crippen LogP) is 0.598. The number of fused-ring (bicyclic) bond motifs is 2. The van der Waals surface area contributed by atoms with Crippen molar-refractivity contribution in [3.05, 3.63) is 126 Å². The van der Waals surface area contributed by atoms with Crippen LogP contribution < -0.4 is 76.1 Å². The average Bonchev–Trinajstić information content (AvgIpc) is 1.67. The van der Waals surface area contributed by atoms with Crippen LogP contribution in [-0.4, -0.2) is 222 Å². The molecule has 0 saturated carbocycles. The number of carboxylic acid groups (broad SMARTS) is 1. The van der Waals surface area contributed by atoms with Gasteiger partial charge in [0.1, 0.15) is 72.3 Å². The lowest BCUT2D eigenvalue weighted by Crippen LogP contribution is -2.61. The van der Waals surface area contributed by atoms with Gasteiger partial charge in [0.15, 0.2) is 0 Å². The molecule has 650 valence electrons. The highest BCUT2D eigenvalue weighted by atomic mass is 19.1. The maximum absolute atomic E-state index is 15.1. The second-order valence-corrected chi connectivity index (χ2v) is 31.6. The van der Waals surface area contributed by atoms with E-state index in [9.17, 15) is 76.6 Å². The summed E-state index contributed by atoms with van der Waals surface area (Å²) in [5.41, 5.74) is 27.3. The number of rotatable bonds is 48. The van der Waals surface area contributed by atoms with Crippen molar-refractivity contribution >= 4 is 110 Å². The Morgan fingerprint density at radius 1 is 0.508 bits per heavy atom. The fourth-order valence-corrected chi connectivity index (χ4v) is 14.9. The van der Waals surface area contributed by atoms with Gasteiger partial charge in [-0.05, 0) is 143 Å². The summed E-state index contributed by atoms with van der Waals surface area (Å²) in [4.78, 5) is 226. The van der Waals surface area contributed by atoms with Gasteiger partial charge in [-0.25, -0.2) is 14.2 Å². The summed E-state index contributed by atoms with van der Waals surface area (Å²) in [6.45, 7) is 8.47. The van der Waals surface area contributed by atoms with Crippen molar-refractivity contribution in [2.75, 3.05) is 26.2 Å². The second-order valence-electron chi connectivity index (χ2n) is 31.6. The number of likely N-dealkylation sites (tertiary alicyclic amines) is 2. The lowest BCUT2D eigenvalue weighted by molar-refractivity contribution is -0.144. The molecule has 36 nitrogen and oxygen atoms in total. The number of hydrogen-bond donors (Lipinski definition) is 18. The number of halogens is 1. The summed E-state index contributed by atoms with van der Waals surface area (Å²) in [7, 11) is 0. The molecule has 0 radical (unpaired) electrons. The summed E-state index contributed by atoms with van der Waals surface area (Å²) in [6.07, 6.45) is 7.15. The van der Waals surface area contributed by atoms with Crippen LogP contribution in [0.3, 0.4) is 0 Å². The van der Waals surface area contributed by atoms with Crippen LogP contribution in [0.1, 0.15) is 160 Å². The van der Waals surface area contributed by atoms with Crippen molar-refractivity contribution < 1.29 is 81.4 Å². The number of aromatic nitrogens is 4. The predicted molar refractivity (Wildman–Crippen MR) is 440 cm³/mol. The monoisotopic (exact) mass is 1670 g/mol. The molecule has 2 aliphatic heterocycles. The summed E-state index contributed by atoms with van der Waals surface area (Å²) in [5.74, 6) is -13.8. The highest BCUT2D eigenvalue weighted by molar-refractivity contribution is 6.01. The third-order valence-corrected chi connectivity index (χ3v) is 21.2. The van der Waals surface area contributed by atoms with Crippen LogP contribution in [0, 0.1) is 17.7 Å². The number of amides is 14. The van der Waals surface area contributed by atoms with E-state index >= 15 is 4.79 Å². The minimum atomic E-state index is -1.58.